The standard InChI is InChI=1S/C18H21N3O4/c1-12-14(10-17(22)21-7-5-20(2)6-8-21)19-18(25-12)13-3-4-15-16(9-13)24-11-23-15/h3-4,9H,5-8,10-11H2,1-2H3. The SMILES string of the molecule is Cc1oc(-c2ccc3c(c2)OCO3)nc1CC(=O)N1CCN(C)CC1. The maximum atomic E-state index is 12.5. The van der Waals surface area contributed by atoms with Gasteiger partial charge in [-0.25, -0.2) is 4.98 Å². The van der Waals surface area contributed by atoms with Gasteiger partial charge in [0, 0.05) is 31.7 Å². The van der Waals surface area contributed by atoms with Gasteiger partial charge in [0.2, 0.25) is 18.6 Å². The first-order chi connectivity index (χ1) is 12.1. The summed E-state index contributed by atoms with van der Waals surface area (Å²) in [6.07, 6.45) is 0.267. The lowest BCUT2D eigenvalue weighted by molar-refractivity contribution is -0.132. The second kappa shape index (κ2) is 6.40. The monoisotopic (exact) mass is 343 g/mol. The normalized spacial score (nSPS) is 17.1. The third-order valence-electron chi connectivity index (χ3n) is 4.69. The van der Waals surface area contributed by atoms with E-state index in [9.17, 15) is 4.79 Å². The highest BCUT2D eigenvalue weighted by atomic mass is 16.7. The summed E-state index contributed by atoms with van der Waals surface area (Å²) in [5.74, 6) is 2.68. The highest BCUT2D eigenvalue weighted by Gasteiger charge is 2.23. The number of piperazine rings is 1. The Balaban J connectivity index is 1.49. The minimum absolute atomic E-state index is 0.0988. The zero-order valence-corrected chi connectivity index (χ0v) is 14.4. The molecule has 2 aliphatic rings. The van der Waals surface area contributed by atoms with E-state index in [0.717, 1.165) is 37.5 Å². The van der Waals surface area contributed by atoms with E-state index in [2.05, 4.69) is 16.9 Å². The van der Waals surface area contributed by atoms with Crippen molar-refractivity contribution in [2.75, 3.05) is 40.0 Å². The summed E-state index contributed by atoms with van der Waals surface area (Å²) in [7, 11) is 2.07. The maximum absolute atomic E-state index is 12.5. The minimum Gasteiger partial charge on any atom is -0.454 e. The van der Waals surface area contributed by atoms with Crippen LogP contribution in [0, 0.1) is 6.92 Å². The quantitative estimate of drug-likeness (QED) is 0.845. The fourth-order valence-electron chi connectivity index (χ4n) is 3.06. The molecule has 0 bridgehead atoms. The highest BCUT2D eigenvalue weighted by Crippen LogP contribution is 2.36. The van der Waals surface area contributed by atoms with Crippen molar-refractivity contribution in [3.63, 3.8) is 0 Å². The first kappa shape index (κ1) is 16.0. The summed E-state index contributed by atoms with van der Waals surface area (Å²) >= 11 is 0. The third kappa shape index (κ3) is 3.19. The van der Waals surface area contributed by atoms with E-state index < -0.39 is 0 Å². The molecule has 0 atom stereocenters. The Hall–Kier alpha value is -2.54. The van der Waals surface area contributed by atoms with E-state index in [4.69, 9.17) is 13.9 Å². The van der Waals surface area contributed by atoms with Gasteiger partial charge in [-0.15, -0.1) is 0 Å². The molecule has 0 saturated carbocycles. The van der Waals surface area contributed by atoms with Gasteiger partial charge >= 0.3 is 0 Å². The van der Waals surface area contributed by atoms with Gasteiger partial charge in [0.1, 0.15) is 5.76 Å². The predicted molar refractivity (Wildman–Crippen MR) is 90.6 cm³/mol. The molecule has 3 heterocycles. The molecule has 1 aromatic heterocycles. The lowest BCUT2D eigenvalue weighted by atomic mass is 10.2. The largest absolute Gasteiger partial charge is 0.454 e. The molecule has 7 heteroatoms. The number of nitrogens with zero attached hydrogens (tertiary/aromatic N) is 3. The molecule has 2 aliphatic heterocycles. The number of carbonyl (C=O) groups is 1. The molecule has 2 aromatic rings. The summed E-state index contributed by atoms with van der Waals surface area (Å²) in [6, 6.07) is 5.57. The Morgan fingerprint density at radius 3 is 2.72 bits per heavy atom. The van der Waals surface area contributed by atoms with Crippen LogP contribution in [0.1, 0.15) is 11.5 Å². The molecule has 0 spiro atoms. The van der Waals surface area contributed by atoms with E-state index in [1.807, 2.05) is 30.0 Å². The number of ether oxygens (including phenoxy) is 2. The number of hydrogen-bond donors (Lipinski definition) is 0. The lowest BCUT2D eigenvalue weighted by Gasteiger charge is -2.32. The van der Waals surface area contributed by atoms with Crippen molar-refractivity contribution < 1.29 is 18.7 Å². The van der Waals surface area contributed by atoms with Crippen molar-refractivity contribution in [3.8, 4) is 23.0 Å². The zero-order valence-electron chi connectivity index (χ0n) is 14.4. The summed E-state index contributed by atoms with van der Waals surface area (Å²) in [5, 5.41) is 0. The minimum atomic E-state index is 0.0988. The summed E-state index contributed by atoms with van der Waals surface area (Å²) < 4.78 is 16.5. The topological polar surface area (TPSA) is 68.0 Å². The average Bonchev–Trinajstić information content (AvgIpc) is 3.21. The molecule has 0 unspecified atom stereocenters. The molecule has 0 radical (unpaired) electrons. The molecular formula is C18H21N3O4. The number of rotatable bonds is 3. The smallest absolute Gasteiger partial charge is 0.231 e. The number of fused-ring (bicyclic) bond motifs is 1. The molecule has 1 aromatic carbocycles. The van der Waals surface area contributed by atoms with Gasteiger partial charge in [0.15, 0.2) is 11.5 Å². The molecule has 7 nitrogen and oxygen atoms in total. The van der Waals surface area contributed by atoms with Crippen LogP contribution in [-0.4, -0.2) is 60.7 Å². The Labute approximate surface area is 146 Å². The van der Waals surface area contributed by atoms with Crippen molar-refractivity contribution in [2.45, 2.75) is 13.3 Å². The van der Waals surface area contributed by atoms with Gasteiger partial charge in [0.25, 0.3) is 0 Å². The molecule has 0 N–H and O–H groups in total. The summed E-state index contributed by atoms with van der Waals surface area (Å²) in [6.45, 7) is 5.42. The Morgan fingerprint density at radius 2 is 1.92 bits per heavy atom. The van der Waals surface area contributed by atoms with Crippen molar-refractivity contribution in [1.29, 1.82) is 0 Å². The molecular weight excluding hydrogens is 322 g/mol. The van der Waals surface area contributed by atoms with Crippen LogP contribution in [0.25, 0.3) is 11.5 Å². The fourth-order valence-corrected chi connectivity index (χ4v) is 3.06. The molecule has 132 valence electrons. The fraction of sp³-hybridized carbons (Fsp3) is 0.444. The lowest BCUT2D eigenvalue weighted by Crippen LogP contribution is -2.47. The van der Waals surface area contributed by atoms with Crippen LogP contribution in [0.3, 0.4) is 0 Å². The van der Waals surface area contributed by atoms with E-state index in [1.165, 1.54) is 0 Å². The van der Waals surface area contributed by atoms with E-state index in [1.54, 1.807) is 0 Å². The van der Waals surface area contributed by atoms with E-state index in [0.29, 0.717) is 23.1 Å². The van der Waals surface area contributed by atoms with Crippen LogP contribution in [0.2, 0.25) is 0 Å². The van der Waals surface area contributed by atoms with Crippen LogP contribution in [-0.2, 0) is 11.2 Å². The number of carbonyl (C=O) groups excluding carboxylic acids is 1. The van der Waals surface area contributed by atoms with E-state index in [-0.39, 0.29) is 19.1 Å². The van der Waals surface area contributed by atoms with Crippen molar-refractivity contribution in [2.24, 2.45) is 0 Å². The van der Waals surface area contributed by atoms with Crippen molar-refractivity contribution in [1.82, 2.24) is 14.8 Å². The van der Waals surface area contributed by atoms with Crippen molar-refractivity contribution >= 4 is 5.91 Å². The molecule has 0 aliphatic carbocycles. The Kier molecular flexibility index (Phi) is 4.09. The Bertz CT molecular complexity index is 794. The second-order valence-corrected chi connectivity index (χ2v) is 6.45. The maximum Gasteiger partial charge on any atom is 0.231 e. The molecule has 1 fully saturated rings. The predicted octanol–water partition coefficient (Wildman–Crippen LogP) is 1.70. The number of hydrogen-bond acceptors (Lipinski definition) is 6. The van der Waals surface area contributed by atoms with Crippen LogP contribution < -0.4 is 9.47 Å². The highest BCUT2D eigenvalue weighted by molar-refractivity contribution is 5.79. The second-order valence-electron chi connectivity index (χ2n) is 6.45. The van der Waals surface area contributed by atoms with Crippen LogP contribution in [0.5, 0.6) is 11.5 Å². The van der Waals surface area contributed by atoms with Crippen LogP contribution in [0.15, 0.2) is 22.6 Å². The molecule has 1 saturated heterocycles. The first-order valence-corrected chi connectivity index (χ1v) is 8.43. The summed E-state index contributed by atoms with van der Waals surface area (Å²) in [4.78, 5) is 21.2. The number of benzene rings is 1. The van der Waals surface area contributed by atoms with Gasteiger partial charge in [-0.3, -0.25) is 4.79 Å². The first-order valence-electron chi connectivity index (χ1n) is 8.43. The van der Waals surface area contributed by atoms with Gasteiger partial charge < -0.3 is 23.7 Å². The van der Waals surface area contributed by atoms with Crippen molar-refractivity contribution in [3.05, 3.63) is 29.7 Å². The number of aryl methyl sites for hydroxylation is 1. The van der Waals surface area contributed by atoms with Gasteiger partial charge in [-0.2, -0.15) is 0 Å². The van der Waals surface area contributed by atoms with E-state index >= 15 is 0 Å². The zero-order chi connectivity index (χ0) is 17.4. The Morgan fingerprint density at radius 1 is 1.16 bits per heavy atom. The third-order valence-corrected chi connectivity index (χ3v) is 4.69. The van der Waals surface area contributed by atoms with Crippen LogP contribution in [0.4, 0.5) is 0 Å². The number of oxazole rings is 1. The van der Waals surface area contributed by atoms with Gasteiger partial charge in [-0.05, 0) is 32.2 Å². The number of aromatic nitrogens is 1. The van der Waals surface area contributed by atoms with Gasteiger partial charge in [-0.1, -0.05) is 0 Å². The van der Waals surface area contributed by atoms with Crippen LogP contribution >= 0.6 is 0 Å². The average molecular weight is 343 g/mol. The molecule has 1 amide bonds. The molecule has 4 rings (SSSR count). The van der Waals surface area contributed by atoms with Gasteiger partial charge in [0.05, 0.1) is 12.1 Å². The number of amides is 1. The summed E-state index contributed by atoms with van der Waals surface area (Å²) in [5.41, 5.74) is 1.50. The molecule has 25 heavy (non-hydrogen) atoms. The number of likely N-dealkylation sites (N-methyl/N-ethyl adjacent to an activating group) is 1.